The van der Waals surface area contributed by atoms with Gasteiger partial charge in [0.25, 0.3) is 0 Å². The van der Waals surface area contributed by atoms with Crippen molar-refractivity contribution in [2.75, 3.05) is 98.2 Å². The Bertz CT molecular complexity index is 863. The van der Waals surface area contributed by atoms with Crippen molar-refractivity contribution in [3.63, 3.8) is 0 Å². The van der Waals surface area contributed by atoms with Crippen LogP contribution in [-0.4, -0.2) is 184 Å². The molecule has 0 unspecified atom stereocenters. The minimum Gasteiger partial charge on any atom is -0.480 e. The molecule has 41 heavy (non-hydrogen) atoms. The number of aliphatic hydroxyl groups is 2. The zero-order valence-electron chi connectivity index (χ0n) is 23.4. The quantitative estimate of drug-likeness (QED) is 0.0597. The van der Waals surface area contributed by atoms with E-state index in [9.17, 15) is 54.6 Å². The molecule has 1 fully saturated rings. The average molecular weight is 644 g/mol. The van der Waals surface area contributed by atoms with Gasteiger partial charge in [-0.2, -0.15) is 0 Å². The maximum Gasteiger partial charge on any atom is 2.00 e. The fourth-order valence-electron chi connectivity index (χ4n) is 5.36. The van der Waals surface area contributed by atoms with Crippen LogP contribution in [0.5, 0.6) is 0 Å². The minimum atomic E-state index is -1.80. The Labute approximate surface area is 249 Å². The smallest absolute Gasteiger partial charge is 0.480 e. The van der Waals surface area contributed by atoms with Crippen LogP contribution in [0.2, 0.25) is 0 Å². The number of carboxylic acid groups (broad SMARTS) is 4. The third kappa shape index (κ3) is 16.0. The number of rotatable bonds is 13. The molecule has 239 valence electrons. The largest absolute Gasteiger partial charge is 2.00 e. The molecule has 1 saturated heterocycles. The summed E-state index contributed by atoms with van der Waals surface area (Å²) in [6, 6.07) is 0. The second-order valence-electron chi connectivity index (χ2n) is 10.5. The van der Waals surface area contributed by atoms with Crippen molar-refractivity contribution < 1.29 is 80.6 Å². The number of amides is 1. The minimum absolute atomic E-state index is 0. The maximum absolute atomic E-state index is 12.4. The van der Waals surface area contributed by atoms with Crippen molar-refractivity contribution in [2.45, 2.75) is 26.1 Å². The van der Waals surface area contributed by atoms with Gasteiger partial charge >= 0.3 is 40.9 Å². The molecule has 0 bridgehead atoms. The molecule has 0 aromatic heterocycles. The maximum atomic E-state index is 12.4. The van der Waals surface area contributed by atoms with E-state index in [0.29, 0.717) is 13.0 Å². The fraction of sp³-hybridized carbons (Fsp3) is 0.792. The van der Waals surface area contributed by atoms with E-state index in [2.05, 4.69) is 5.32 Å². The fourth-order valence-corrected chi connectivity index (χ4v) is 5.36. The molecule has 1 heterocycles. The molecule has 0 spiro atoms. The SMILES string of the molecule is CCNC(=O)CN1CCC[N+](CC(=O)O)(CC(=O)O)CCN(CC(=O)O)CCC[N@+](CC(=O)O)(CC(O)O)CC1.[64Cu+2]. The van der Waals surface area contributed by atoms with Crippen molar-refractivity contribution in [1.29, 1.82) is 0 Å². The van der Waals surface area contributed by atoms with Crippen LogP contribution in [-0.2, 0) is 41.0 Å². The average Bonchev–Trinajstić information content (AvgIpc) is 2.78. The first-order valence-corrected chi connectivity index (χ1v) is 13.3. The van der Waals surface area contributed by atoms with Gasteiger partial charge in [0.05, 0.1) is 39.3 Å². The molecular weight excluding hydrogens is 598 g/mol. The predicted octanol–water partition coefficient (Wildman–Crippen LogP) is -3.20. The van der Waals surface area contributed by atoms with Crippen LogP contribution >= 0.6 is 0 Å². The number of carboxylic acids is 4. The van der Waals surface area contributed by atoms with Crippen molar-refractivity contribution in [1.82, 2.24) is 15.1 Å². The van der Waals surface area contributed by atoms with Crippen LogP contribution in [0.25, 0.3) is 0 Å². The molecule has 1 atom stereocenters. The summed E-state index contributed by atoms with van der Waals surface area (Å²) in [5.41, 5.74) is 0. The van der Waals surface area contributed by atoms with Gasteiger partial charge < -0.3 is 44.9 Å². The number of hydrogen-bond donors (Lipinski definition) is 7. The van der Waals surface area contributed by atoms with Crippen molar-refractivity contribution in [3.8, 4) is 0 Å². The Balaban J connectivity index is 0.0000160. The van der Waals surface area contributed by atoms with Gasteiger partial charge in [-0.25, -0.2) is 14.4 Å². The number of quaternary nitrogens is 2. The zero-order chi connectivity index (χ0) is 30.3. The molecule has 0 aromatic rings. The topological polar surface area (TPSA) is 225 Å². The predicted molar refractivity (Wildman–Crippen MR) is 139 cm³/mol. The normalized spacial score (nSPS) is 21.3. The van der Waals surface area contributed by atoms with Gasteiger partial charge in [0.15, 0.2) is 19.6 Å². The van der Waals surface area contributed by atoms with Gasteiger partial charge in [0.1, 0.15) is 6.54 Å². The number of likely N-dealkylation sites (N-methyl/N-ethyl adjacent to an activating group) is 1. The second-order valence-corrected chi connectivity index (χ2v) is 10.5. The third-order valence-electron chi connectivity index (χ3n) is 7.06. The molecule has 17 heteroatoms. The van der Waals surface area contributed by atoms with E-state index in [1.165, 1.54) is 0 Å². The van der Waals surface area contributed by atoms with Gasteiger partial charge in [-0.1, -0.05) is 0 Å². The summed E-state index contributed by atoms with van der Waals surface area (Å²) in [6.45, 7) is 1.31. The van der Waals surface area contributed by atoms with E-state index in [0.717, 1.165) is 0 Å². The summed E-state index contributed by atoms with van der Waals surface area (Å²) in [7, 11) is 0. The van der Waals surface area contributed by atoms with Crippen LogP contribution in [0.1, 0.15) is 19.8 Å². The van der Waals surface area contributed by atoms with E-state index in [-0.39, 0.29) is 110 Å². The van der Waals surface area contributed by atoms with E-state index < -0.39 is 49.8 Å². The van der Waals surface area contributed by atoms with Crippen molar-refractivity contribution >= 4 is 29.8 Å². The molecule has 1 aliphatic heterocycles. The number of nitrogens with zero attached hydrogens (tertiary/aromatic N) is 4. The summed E-state index contributed by atoms with van der Waals surface area (Å²) < 4.78 is -0.524. The summed E-state index contributed by atoms with van der Waals surface area (Å²) >= 11 is 0. The second kappa shape index (κ2) is 18.9. The summed E-state index contributed by atoms with van der Waals surface area (Å²) in [4.78, 5) is 62.5. The number of aliphatic carboxylic acids is 4. The van der Waals surface area contributed by atoms with Crippen LogP contribution in [0.15, 0.2) is 0 Å². The standard InChI is InChI=1S/C24H43N5O11.Cu/c1-2-25-19(30)13-26-5-3-9-29(17-23(37)38,18-24(39)40)12-8-27(14-20(31)32)6-4-10-28(11-7-26,15-21(33)34)16-22(35)36;/h21,33-34H,2-18H2,1H3,(H3-2,25,30,31,32,35,36,37,38,39,40);/q;+2/p+2/t28-;/m1./s1/i;1+0. The Hall–Kier alpha value is -2.37. The van der Waals surface area contributed by atoms with Gasteiger partial charge in [-0.3, -0.25) is 19.4 Å². The molecule has 0 aromatic carbocycles. The molecule has 1 aliphatic rings. The van der Waals surface area contributed by atoms with Gasteiger partial charge in [0, 0.05) is 45.6 Å². The number of carbonyl (C=O) groups is 5. The van der Waals surface area contributed by atoms with E-state index in [1.807, 2.05) is 0 Å². The first-order chi connectivity index (χ1) is 18.7. The van der Waals surface area contributed by atoms with Gasteiger partial charge in [-0.05, 0) is 6.92 Å². The summed E-state index contributed by atoms with van der Waals surface area (Å²) in [5.74, 6) is -4.94. The Morgan fingerprint density at radius 3 is 1.56 bits per heavy atom. The first-order valence-electron chi connectivity index (χ1n) is 13.3. The molecule has 7 N–H and O–H groups in total. The monoisotopic (exact) mass is 643 g/mol. The van der Waals surface area contributed by atoms with E-state index >= 15 is 0 Å². The number of carbonyl (C=O) groups excluding carboxylic acids is 1. The Kier molecular flexibility index (Phi) is 17.8. The molecule has 0 saturated carbocycles. The molecule has 1 amide bonds. The molecule has 0 aliphatic carbocycles. The molecule has 1 rings (SSSR count). The zero-order valence-corrected chi connectivity index (χ0v) is 24.4. The van der Waals surface area contributed by atoms with Crippen LogP contribution in [0, 0.1) is 0 Å². The van der Waals surface area contributed by atoms with Crippen LogP contribution in [0.3, 0.4) is 0 Å². The molecule has 16 nitrogen and oxygen atoms in total. The number of aliphatic hydroxyl groups excluding tert-OH is 1. The van der Waals surface area contributed by atoms with E-state index in [1.54, 1.807) is 16.7 Å². The Morgan fingerprint density at radius 2 is 1.12 bits per heavy atom. The number of nitrogens with one attached hydrogen (secondary N) is 1. The van der Waals surface area contributed by atoms with Gasteiger partial charge in [0.2, 0.25) is 12.2 Å². The third-order valence-corrected chi connectivity index (χ3v) is 7.06. The van der Waals surface area contributed by atoms with Gasteiger partial charge in [-0.15, -0.1) is 0 Å². The van der Waals surface area contributed by atoms with Crippen LogP contribution in [0.4, 0.5) is 0 Å². The summed E-state index contributed by atoms with van der Waals surface area (Å²) in [5, 5.41) is 60.5. The molecule has 1 radical (unpaired) electrons. The van der Waals surface area contributed by atoms with Crippen molar-refractivity contribution in [3.05, 3.63) is 0 Å². The first kappa shape index (κ1) is 38.6. The molecular formula is C24H45CuN5O11+4. The number of hydrogen-bond acceptors (Lipinski definition) is 9. The van der Waals surface area contributed by atoms with Crippen LogP contribution < -0.4 is 5.32 Å². The van der Waals surface area contributed by atoms with Crippen molar-refractivity contribution in [2.24, 2.45) is 0 Å². The van der Waals surface area contributed by atoms with E-state index in [4.69, 9.17) is 0 Å². The summed E-state index contributed by atoms with van der Waals surface area (Å²) in [6.07, 6.45) is -1.21. The Morgan fingerprint density at radius 1 is 0.683 bits per heavy atom.